The number of methoxy groups -OCH3 is 1. The van der Waals surface area contributed by atoms with E-state index in [1.165, 1.54) is 31.4 Å². The van der Waals surface area contributed by atoms with E-state index in [2.05, 4.69) is 15.3 Å². The van der Waals surface area contributed by atoms with Gasteiger partial charge in [-0.2, -0.15) is 13.2 Å². The van der Waals surface area contributed by atoms with E-state index in [0.29, 0.717) is 39.8 Å². The van der Waals surface area contributed by atoms with Crippen molar-refractivity contribution in [2.24, 2.45) is 5.92 Å². The summed E-state index contributed by atoms with van der Waals surface area (Å²) in [7, 11) is -0.613. The number of aromatic nitrogens is 2. The van der Waals surface area contributed by atoms with Crippen molar-refractivity contribution in [2.45, 2.75) is 44.0 Å². The van der Waals surface area contributed by atoms with Gasteiger partial charge in [0, 0.05) is 36.9 Å². The summed E-state index contributed by atoms with van der Waals surface area (Å²) in [5, 5.41) is 3.25. The molecule has 0 saturated carbocycles. The Balaban J connectivity index is 1.41. The van der Waals surface area contributed by atoms with Gasteiger partial charge in [0.2, 0.25) is 11.8 Å². The highest BCUT2D eigenvalue weighted by molar-refractivity contribution is 7.91. The molecule has 1 N–H and O–H groups in total. The van der Waals surface area contributed by atoms with E-state index in [1.54, 1.807) is 18.3 Å². The van der Waals surface area contributed by atoms with Gasteiger partial charge in [-0.05, 0) is 49.4 Å². The van der Waals surface area contributed by atoms with E-state index >= 15 is 0 Å². The van der Waals surface area contributed by atoms with E-state index in [9.17, 15) is 26.4 Å². The Hall–Kier alpha value is -3.45. The number of fused-ring (bicyclic) bond motifs is 1. The predicted octanol–water partition coefficient (Wildman–Crippen LogP) is 5.12. The number of carbonyl (C=O) groups is 1. The molecule has 0 aliphatic carbocycles. The average molecular weight is 593 g/mol. The van der Waals surface area contributed by atoms with Crippen LogP contribution < -0.4 is 10.1 Å². The van der Waals surface area contributed by atoms with Crippen LogP contribution in [0.15, 0.2) is 42.6 Å². The molecule has 2 fully saturated rings. The first-order chi connectivity index (χ1) is 19.5. The molecule has 5 rings (SSSR count). The molecule has 3 aromatic rings. The molecule has 1 amide bonds. The second-order valence-electron chi connectivity index (χ2n) is 10.4. The number of pyridine rings is 2. The topological polar surface area (TPSA) is 111 Å². The number of anilines is 2. The maximum atomic E-state index is 14.2. The van der Waals surface area contributed by atoms with Crippen molar-refractivity contribution >= 4 is 38.2 Å². The smallest absolute Gasteiger partial charge is 0.413 e. The third-order valence-corrected chi connectivity index (χ3v) is 9.36. The van der Waals surface area contributed by atoms with Gasteiger partial charge in [0.15, 0.2) is 6.04 Å². The first-order valence-corrected chi connectivity index (χ1v) is 15.1. The maximum absolute atomic E-state index is 14.2. The molecule has 0 spiro atoms. The summed E-state index contributed by atoms with van der Waals surface area (Å²) >= 11 is 0. The highest BCUT2D eigenvalue weighted by atomic mass is 32.2. The number of halogens is 3. The maximum Gasteiger partial charge on any atom is 0.413 e. The van der Waals surface area contributed by atoms with Crippen molar-refractivity contribution in [3.05, 3.63) is 53.7 Å². The number of amides is 1. The van der Waals surface area contributed by atoms with E-state index in [0.717, 1.165) is 25.5 Å². The Morgan fingerprint density at radius 2 is 1.83 bits per heavy atom. The van der Waals surface area contributed by atoms with Crippen LogP contribution >= 0.6 is 0 Å². The summed E-state index contributed by atoms with van der Waals surface area (Å²) in [6.07, 6.45) is -1.61. The number of rotatable bonds is 7. The highest BCUT2D eigenvalue weighted by Crippen LogP contribution is 2.41. The zero-order valence-corrected chi connectivity index (χ0v) is 23.5. The number of hydrogen-bond donors (Lipinski definition) is 1. The van der Waals surface area contributed by atoms with Crippen molar-refractivity contribution in [2.75, 3.05) is 37.6 Å². The molecular formula is C28H31F3N4O5S. The molecule has 2 aliphatic heterocycles. The highest BCUT2D eigenvalue weighted by Gasteiger charge is 2.46. The lowest BCUT2D eigenvalue weighted by atomic mass is 9.98. The Bertz CT molecular complexity index is 1510. The normalized spacial score (nSPS) is 20.1. The van der Waals surface area contributed by atoms with E-state index in [4.69, 9.17) is 9.47 Å². The molecule has 13 heteroatoms. The zero-order valence-electron chi connectivity index (χ0n) is 22.6. The second-order valence-corrected chi connectivity index (χ2v) is 12.7. The van der Waals surface area contributed by atoms with Gasteiger partial charge in [0.25, 0.3) is 0 Å². The van der Waals surface area contributed by atoms with Crippen molar-refractivity contribution in [1.29, 1.82) is 0 Å². The number of hydrogen-bond acceptors (Lipinski definition) is 8. The third kappa shape index (κ3) is 6.25. The van der Waals surface area contributed by atoms with Gasteiger partial charge >= 0.3 is 6.18 Å². The van der Waals surface area contributed by atoms with E-state index < -0.39 is 33.9 Å². The molecule has 4 heterocycles. The Kier molecular flexibility index (Phi) is 8.11. The number of nitrogens with zero attached hydrogens (tertiary/aromatic N) is 3. The molecule has 2 saturated heterocycles. The number of sulfone groups is 1. The van der Waals surface area contributed by atoms with Gasteiger partial charge in [-0.1, -0.05) is 12.1 Å². The Labute approximate surface area is 236 Å². The van der Waals surface area contributed by atoms with Gasteiger partial charge < -0.3 is 19.7 Å². The summed E-state index contributed by atoms with van der Waals surface area (Å²) < 4.78 is 77.4. The SMILES string of the molecule is COc1ccc2ncc(Nc3ccc([C@H](N(C)C(=O)C4CCS(=O)(=O)CC4)C(F)(F)F)cc3)c([C@H]3CCCO3)c2n1. The minimum absolute atomic E-state index is 0.0203. The van der Waals surface area contributed by atoms with Crippen LogP contribution in [0, 0.1) is 5.92 Å². The summed E-state index contributed by atoms with van der Waals surface area (Å²) in [6.45, 7) is 0.605. The molecular weight excluding hydrogens is 561 g/mol. The minimum Gasteiger partial charge on any atom is -0.481 e. The molecule has 2 atom stereocenters. The quantitative estimate of drug-likeness (QED) is 0.403. The molecule has 0 radical (unpaired) electrons. The summed E-state index contributed by atoms with van der Waals surface area (Å²) in [5.74, 6) is -1.46. The number of alkyl halides is 3. The molecule has 0 bridgehead atoms. The van der Waals surface area contributed by atoms with Gasteiger partial charge in [-0.3, -0.25) is 9.78 Å². The Morgan fingerprint density at radius 3 is 2.44 bits per heavy atom. The number of benzene rings is 1. The largest absolute Gasteiger partial charge is 0.481 e. The van der Waals surface area contributed by atoms with Crippen LogP contribution in [0.2, 0.25) is 0 Å². The van der Waals surface area contributed by atoms with Crippen LogP contribution in [-0.2, 0) is 19.4 Å². The predicted molar refractivity (Wildman–Crippen MR) is 147 cm³/mol. The first-order valence-electron chi connectivity index (χ1n) is 13.3. The molecule has 41 heavy (non-hydrogen) atoms. The standard InChI is InChI=1S/C28H31F3N4O5S/c1-35(27(36)18-11-14-41(37,38)15-12-18)26(28(29,30)31)17-5-7-19(8-6-17)33-21-16-32-20-9-10-23(39-2)34-25(20)24(21)22-4-3-13-40-22/h5-10,16,18,22,26,33H,3-4,11-15H2,1-2H3/t22-,26+/m1/s1. The molecule has 1 aromatic carbocycles. The molecule has 0 unspecified atom stereocenters. The van der Waals surface area contributed by atoms with Gasteiger partial charge in [-0.25, -0.2) is 13.4 Å². The van der Waals surface area contributed by atoms with Crippen molar-refractivity contribution in [1.82, 2.24) is 14.9 Å². The zero-order chi connectivity index (χ0) is 29.4. The van der Waals surface area contributed by atoms with Crippen LogP contribution in [0.5, 0.6) is 5.88 Å². The number of carbonyl (C=O) groups excluding carboxylic acids is 1. The van der Waals surface area contributed by atoms with Gasteiger partial charge in [0.05, 0.1) is 42.1 Å². The fourth-order valence-corrected chi connectivity index (χ4v) is 6.99. The molecule has 220 valence electrons. The summed E-state index contributed by atoms with van der Waals surface area (Å²) in [5.41, 5.74) is 3.10. The molecule has 2 aromatic heterocycles. The monoisotopic (exact) mass is 592 g/mol. The number of nitrogens with one attached hydrogen (secondary N) is 1. The van der Waals surface area contributed by atoms with E-state index in [-0.39, 0.29) is 36.0 Å². The van der Waals surface area contributed by atoms with Crippen LogP contribution in [-0.4, -0.2) is 67.6 Å². The minimum atomic E-state index is -4.74. The first kappa shape index (κ1) is 29.1. The lowest BCUT2D eigenvalue weighted by Gasteiger charge is -2.34. The third-order valence-electron chi connectivity index (χ3n) is 7.64. The average Bonchev–Trinajstić information content (AvgIpc) is 3.47. The van der Waals surface area contributed by atoms with Gasteiger partial charge in [0.1, 0.15) is 15.4 Å². The second kappa shape index (κ2) is 11.4. The molecule has 2 aliphatic rings. The van der Waals surface area contributed by atoms with Crippen LogP contribution in [0.1, 0.15) is 49.0 Å². The summed E-state index contributed by atoms with van der Waals surface area (Å²) in [6, 6.07) is 7.04. The Morgan fingerprint density at radius 1 is 1.12 bits per heavy atom. The lowest BCUT2D eigenvalue weighted by Crippen LogP contribution is -2.44. The fraction of sp³-hybridized carbons (Fsp3) is 0.464. The summed E-state index contributed by atoms with van der Waals surface area (Å²) in [4.78, 5) is 22.7. The van der Waals surface area contributed by atoms with Crippen molar-refractivity contribution in [3.63, 3.8) is 0 Å². The molecule has 9 nitrogen and oxygen atoms in total. The number of ether oxygens (including phenoxy) is 2. The lowest BCUT2D eigenvalue weighted by molar-refractivity contribution is -0.190. The van der Waals surface area contributed by atoms with Crippen LogP contribution in [0.25, 0.3) is 11.0 Å². The van der Waals surface area contributed by atoms with Crippen LogP contribution in [0.3, 0.4) is 0 Å². The van der Waals surface area contributed by atoms with E-state index in [1.807, 2.05) is 0 Å². The van der Waals surface area contributed by atoms with Crippen molar-refractivity contribution in [3.8, 4) is 5.88 Å². The van der Waals surface area contributed by atoms with Crippen LogP contribution in [0.4, 0.5) is 24.5 Å². The fourth-order valence-electron chi connectivity index (χ4n) is 5.50. The van der Waals surface area contributed by atoms with Crippen molar-refractivity contribution < 1.29 is 35.9 Å². The van der Waals surface area contributed by atoms with Gasteiger partial charge in [-0.15, -0.1) is 0 Å².